The summed E-state index contributed by atoms with van der Waals surface area (Å²) in [4.78, 5) is 33.2. The fraction of sp³-hybridized carbons (Fsp3) is 0.367. The second-order valence-electron chi connectivity index (χ2n) is 10.3. The second kappa shape index (κ2) is 12.4. The number of hydrogen-bond donors (Lipinski definition) is 4. The van der Waals surface area contributed by atoms with Crippen LogP contribution in [0.25, 0.3) is 0 Å². The third kappa shape index (κ3) is 6.73. The first-order valence-electron chi connectivity index (χ1n) is 13.3. The molecule has 0 bridgehead atoms. The number of likely N-dealkylation sites (tertiary alicyclic amines) is 1. The van der Waals surface area contributed by atoms with Crippen LogP contribution in [0.2, 0.25) is 0 Å². The van der Waals surface area contributed by atoms with Gasteiger partial charge in [0.1, 0.15) is 5.69 Å². The van der Waals surface area contributed by atoms with E-state index in [0.29, 0.717) is 11.6 Å². The molecule has 5 rings (SSSR count). The number of benzene rings is 2. The number of carbonyl (C=O) groups is 1. The average Bonchev–Trinajstić information content (AvgIpc) is 3.54. The number of hydrogen-bond acceptors (Lipinski definition) is 6. The Hall–Kier alpha value is -4.07. The van der Waals surface area contributed by atoms with Crippen LogP contribution in [0.15, 0.2) is 59.7 Å². The van der Waals surface area contributed by atoms with Crippen molar-refractivity contribution >= 4 is 5.91 Å². The average molecular weight is 548 g/mol. The number of aromatic nitrogens is 2. The summed E-state index contributed by atoms with van der Waals surface area (Å²) in [6.07, 6.45) is -0.363. The standard InChI is InChI=1S/C30H31F2N5O3/c31-26(32)14-34-29(39)24(27-28(38)30(40)36-18-35-27)13-21-7-3-19(4-8-21)1-2-20-5-9-22(10-6-20)15-37-16-23-11-12-33-25(23)17-37/h3-10,18,23-26,33,38H,11-17H2,(H,34,39)(H,35,36,40)/t23-,24?,25+/m0/s1. The Morgan fingerprint density at radius 1 is 1.07 bits per heavy atom. The Balaban J connectivity index is 1.22. The fourth-order valence-electron chi connectivity index (χ4n) is 5.40. The van der Waals surface area contributed by atoms with Gasteiger partial charge < -0.3 is 20.7 Å². The molecule has 40 heavy (non-hydrogen) atoms. The lowest BCUT2D eigenvalue weighted by molar-refractivity contribution is -0.123. The lowest BCUT2D eigenvalue weighted by Gasteiger charge is -2.17. The minimum Gasteiger partial charge on any atom is -0.502 e. The van der Waals surface area contributed by atoms with Gasteiger partial charge in [-0.25, -0.2) is 13.8 Å². The number of nitrogens with zero attached hydrogens (tertiary/aromatic N) is 2. The summed E-state index contributed by atoms with van der Waals surface area (Å²) >= 11 is 0. The van der Waals surface area contributed by atoms with Crippen LogP contribution in [0.1, 0.15) is 40.3 Å². The third-order valence-electron chi connectivity index (χ3n) is 7.48. The van der Waals surface area contributed by atoms with Crippen molar-refractivity contribution in [1.29, 1.82) is 0 Å². The van der Waals surface area contributed by atoms with Crippen LogP contribution < -0.4 is 16.2 Å². The number of H-pyrrole nitrogens is 1. The van der Waals surface area contributed by atoms with Gasteiger partial charge in [0.15, 0.2) is 0 Å². The van der Waals surface area contributed by atoms with Crippen LogP contribution in [0.4, 0.5) is 8.78 Å². The SMILES string of the molecule is O=C(NCC(F)F)C(Cc1ccc(C#Cc2ccc(CN3C[C@@H]4CCN[C@@H]4C3)cc2)cc1)c1nc[nH]c(=O)c1O. The molecule has 1 amide bonds. The van der Waals surface area contributed by atoms with Crippen LogP contribution in [0.5, 0.6) is 5.75 Å². The predicted octanol–water partition coefficient (Wildman–Crippen LogP) is 2.38. The number of amides is 1. The molecule has 3 aromatic rings. The summed E-state index contributed by atoms with van der Waals surface area (Å²) in [6, 6.07) is 16.1. The molecule has 1 unspecified atom stereocenters. The molecule has 0 radical (unpaired) electrons. The molecule has 1 aromatic heterocycles. The molecule has 4 N–H and O–H groups in total. The van der Waals surface area contributed by atoms with Gasteiger partial charge in [0.2, 0.25) is 11.7 Å². The number of fused-ring (bicyclic) bond motifs is 1. The van der Waals surface area contributed by atoms with Crippen molar-refractivity contribution in [3.05, 3.63) is 93.2 Å². The first-order chi connectivity index (χ1) is 19.4. The van der Waals surface area contributed by atoms with E-state index in [-0.39, 0.29) is 12.1 Å². The van der Waals surface area contributed by atoms with Gasteiger partial charge in [-0.3, -0.25) is 14.5 Å². The highest BCUT2D eigenvalue weighted by Gasteiger charge is 2.35. The maximum Gasteiger partial charge on any atom is 0.293 e. The summed E-state index contributed by atoms with van der Waals surface area (Å²) in [6.45, 7) is 3.49. The van der Waals surface area contributed by atoms with Gasteiger partial charge >= 0.3 is 0 Å². The molecule has 2 saturated heterocycles. The monoisotopic (exact) mass is 547 g/mol. The van der Waals surface area contributed by atoms with Gasteiger partial charge in [-0.15, -0.1) is 0 Å². The van der Waals surface area contributed by atoms with Crippen molar-refractivity contribution in [2.24, 2.45) is 5.92 Å². The van der Waals surface area contributed by atoms with Gasteiger partial charge in [-0.2, -0.15) is 0 Å². The Kier molecular flexibility index (Phi) is 8.53. The molecular weight excluding hydrogens is 516 g/mol. The number of carbonyl (C=O) groups excluding carboxylic acids is 1. The number of aromatic hydroxyl groups is 1. The molecule has 0 saturated carbocycles. The summed E-state index contributed by atoms with van der Waals surface area (Å²) in [5, 5.41) is 15.9. The lowest BCUT2D eigenvalue weighted by Crippen LogP contribution is -2.34. The van der Waals surface area contributed by atoms with Crippen LogP contribution in [0.3, 0.4) is 0 Å². The topological polar surface area (TPSA) is 110 Å². The summed E-state index contributed by atoms with van der Waals surface area (Å²) in [5.74, 6) is 4.47. The zero-order valence-electron chi connectivity index (χ0n) is 21.9. The van der Waals surface area contributed by atoms with Crippen molar-refractivity contribution in [3.8, 4) is 17.6 Å². The molecule has 2 fully saturated rings. The van der Waals surface area contributed by atoms with Gasteiger partial charge in [0.05, 0.1) is 18.8 Å². The van der Waals surface area contributed by atoms with E-state index in [4.69, 9.17) is 0 Å². The molecule has 2 aromatic carbocycles. The maximum absolute atomic E-state index is 12.7. The maximum atomic E-state index is 12.7. The van der Waals surface area contributed by atoms with Crippen molar-refractivity contribution < 1.29 is 18.7 Å². The largest absolute Gasteiger partial charge is 0.502 e. The smallest absolute Gasteiger partial charge is 0.293 e. The van der Waals surface area contributed by atoms with Crippen molar-refractivity contribution in [2.75, 3.05) is 26.2 Å². The normalized spacial score (nSPS) is 19.2. The Morgan fingerprint density at radius 2 is 1.75 bits per heavy atom. The molecule has 8 nitrogen and oxygen atoms in total. The highest BCUT2D eigenvalue weighted by Crippen LogP contribution is 2.26. The number of rotatable bonds is 8. The molecule has 0 aliphatic carbocycles. The second-order valence-corrected chi connectivity index (χ2v) is 10.3. The highest BCUT2D eigenvalue weighted by atomic mass is 19.3. The van der Waals surface area contributed by atoms with Gasteiger partial charge in [-0.05, 0) is 60.7 Å². The molecular formula is C30H31F2N5O3. The van der Waals surface area contributed by atoms with Gasteiger partial charge in [-0.1, -0.05) is 36.1 Å². The van der Waals surface area contributed by atoms with Crippen molar-refractivity contribution in [2.45, 2.75) is 37.8 Å². The summed E-state index contributed by atoms with van der Waals surface area (Å²) in [5.41, 5.74) is 2.63. The number of halogens is 2. The van der Waals surface area contributed by atoms with E-state index in [2.05, 4.69) is 49.5 Å². The Morgan fingerprint density at radius 3 is 2.40 bits per heavy atom. The van der Waals surface area contributed by atoms with Crippen molar-refractivity contribution in [1.82, 2.24) is 25.5 Å². The number of nitrogens with one attached hydrogen (secondary N) is 3. The zero-order chi connectivity index (χ0) is 28.1. The Bertz CT molecular complexity index is 1440. The van der Waals surface area contributed by atoms with E-state index in [1.165, 1.54) is 12.0 Å². The first-order valence-corrected chi connectivity index (χ1v) is 13.3. The van der Waals surface area contributed by atoms with E-state index < -0.39 is 36.1 Å². The van der Waals surface area contributed by atoms with E-state index in [1.54, 1.807) is 24.3 Å². The predicted molar refractivity (Wildman–Crippen MR) is 146 cm³/mol. The molecule has 3 atom stereocenters. The molecule has 0 spiro atoms. The van der Waals surface area contributed by atoms with Crippen LogP contribution in [0, 0.1) is 17.8 Å². The first kappa shape index (κ1) is 27.5. The molecule has 10 heteroatoms. The highest BCUT2D eigenvalue weighted by molar-refractivity contribution is 5.84. The minimum atomic E-state index is -2.73. The van der Waals surface area contributed by atoms with Crippen LogP contribution >= 0.6 is 0 Å². The molecule has 2 aliphatic rings. The van der Waals surface area contributed by atoms with Crippen LogP contribution in [-0.4, -0.2) is 64.5 Å². The summed E-state index contributed by atoms with van der Waals surface area (Å²) < 4.78 is 25.3. The lowest BCUT2D eigenvalue weighted by atomic mass is 9.94. The van der Waals surface area contributed by atoms with E-state index >= 15 is 0 Å². The van der Waals surface area contributed by atoms with Gasteiger partial charge in [0, 0.05) is 36.8 Å². The number of aromatic amines is 1. The quantitative estimate of drug-likeness (QED) is 0.323. The summed E-state index contributed by atoms with van der Waals surface area (Å²) in [7, 11) is 0. The Labute approximate surface area is 230 Å². The van der Waals surface area contributed by atoms with E-state index in [9.17, 15) is 23.5 Å². The minimum absolute atomic E-state index is 0.0445. The van der Waals surface area contributed by atoms with Crippen LogP contribution in [-0.2, 0) is 17.8 Å². The number of alkyl halides is 2. The molecule has 208 valence electrons. The molecule has 3 heterocycles. The van der Waals surface area contributed by atoms with E-state index in [1.807, 2.05) is 12.1 Å². The third-order valence-corrected chi connectivity index (χ3v) is 7.48. The van der Waals surface area contributed by atoms with Crippen molar-refractivity contribution in [3.63, 3.8) is 0 Å². The van der Waals surface area contributed by atoms with Gasteiger partial charge in [0.25, 0.3) is 12.0 Å². The fourth-order valence-corrected chi connectivity index (χ4v) is 5.40. The van der Waals surface area contributed by atoms with E-state index in [0.717, 1.165) is 49.6 Å². The molecule has 2 aliphatic heterocycles. The zero-order valence-corrected chi connectivity index (χ0v) is 21.9.